The van der Waals surface area contributed by atoms with Crippen LogP contribution in [0, 0.1) is 17.6 Å². The van der Waals surface area contributed by atoms with E-state index >= 15 is 8.78 Å². The molecule has 16 heteroatoms. The second kappa shape index (κ2) is 17.3. The highest BCUT2D eigenvalue weighted by atomic mass is 19.1. The quantitative estimate of drug-likeness (QED) is 0.128. The molecule has 0 saturated carbocycles. The van der Waals surface area contributed by atoms with Gasteiger partial charge in [0.05, 0.1) is 43.8 Å². The zero-order valence-electron chi connectivity index (χ0n) is 31.2. The molecule has 0 radical (unpaired) electrons. The number of nitrogens with one attached hydrogen (secondary N) is 2. The SMILES string of the molecule is CCOc1ncc(-c2cc(C(=O)N[C@@]3(C)CCCN(C(=O)OCc4ccccc4)C3)c(F)c(-c3cnc(NCc4ccc(OC)cc4OC)c(F)n3)n2)cc1F. The number of likely N-dealkylation sites (tertiary alicyclic amines) is 1. The van der Waals surface area contributed by atoms with Crippen molar-refractivity contribution in [2.75, 3.05) is 39.2 Å². The number of piperidine rings is 1. The molecule has 5 aromatic rings. The predicted octanol–water partition coefficient (Wildman–Crippen LogP) is 6.97. The fourth-order valence-electron chi connectivity index (χ4n) is 6.25. The molecule has 0 spiro atoms. The number of methoxy groups -OCH3 is 2. The molecule has 2 aromatic carbocycles. The number of anilines is 1. The minimum atomic E-state index is -1.12. The monoisotopic (exact) mass is 771 g/mol. The van der Waals surface area contributed by atoms with Gasteiger partial charge in [-0.1, -0.05) is 30.3 Å². The smallest absolute Gasteiger partial charge is 0.410 e. The first-order valence-electron chi connectivity index (χ1n) is 17.8. The third kappa shape index (κ3) is 9.08. The first kappa shape index (κ1) is 39.2. The number of nitrogens with zero attached hydrogens (tertiary/aromatic N) is 5. The fraction of sp³-hybridized carbons (Fsp3) is 0.300. The summed E-state index contributed by atoms with van der Waals surface area (Å²) in [5.41, 5.74) is -0.813. The molecule has 4 heterocycles. The van der Waals surface area contributed by atoms with Gasteiger partial charge in [0.2, 0.25) is 5.88 Å². The number of pyridine rings is 2. The first-order valence-corrected chi connectivity index (χ1v) is 17.8. The molecule has 6 rings (SSSR count). The van der Waals surface area contributed by atoms with E-state index in [0.717, 1.165) is 23.9 Å². The molecule has 1 aliphatic rings. The van der Waals surface area contributed by atoms with Crippen LogP contribution in [0.15, 0.2) is 73.1 Å². The number of halogens is 3. The normalized spacial score (nSPS) is 15.2. The first-order chi connectivity index (χ1) is 27.0. The van der Waals surface area contributed by atoms with E-state index in [1.807, 2.05) is 30.3 Å². The van der Waals surface area contributed by atoms with Crippen molar-refractivity contribution in [2.24, 2.45) is 0 Å². The van der Waals surface area contributed by atoms with Crippen molar-refractivity contribution in [3.05, 3.63) is 107 Å². The Kier molecular flexibility index (Phi) is 12.2. The molecule has 1 saturated heterocycles. The van der Waals surface area contributed by atoms with Gasteiger partial charge >= 0.3 is 6.09 Å². The molecule has 292 valence electrons. The van der Waals surface area contributed by atoms with E-state index in [-0.39, 0.29) is 55.0 Å². The van der Waals surface area contributed by atoms with Gasteiger partial charge in [0, 0.05) is 43.0 Å². The molecule has 1 aliphatic heterocycles. The second-order valence-corrected chi connectivity index (χ2v) is 13.2. The van der Waals surface area contributed by atoms with Crippen LogP contribution in [-0.4, -0.2) is 76.3 Å². The lowest BCUT2D eigenvalue weighted by atomic mass is 9.90. The number of aromatic nitrogens is 4. The number of hydrogen-bond acceptors (Lipinski definition) is 11. The average Bonchev–Trinajstić information content (AvgIpc) is 3.20. The summed E-state index contributed by atoms with van der Waals surface area (Å²) in [6, 6.07) is 16.6. The minimum absolute atomic E-state index is 0.0584. The number of hydrogen-bond donors (Lipinski definition) is 2. The van der Waals surface area contributed by atoms with Crippen LogP contribution in [0.5, 0.6) is 17.4 Å². The Labute approximate surface area is 321 Å². The summed E-state index contributed by atoms with van der Waals surface area (Å²) in [5, 5.41) is 5.73. The maximum atomic E-state index is 16.5. The molecule has 1 atom stereocenters. The van der Waals surface area contributed by atoms with Gasteiger partial charge in [-0.3, -0.25) is 4.79 Å². The van der Waals surface area contributed by atoms with E-state index in [1.165, 1.54) is 25.3 Å². The fourth-order valence-corrected chi connectivity index (χ4v) is 6.25. The summed E-state index contributed by atoms with van der Waals surface area (Å²) < 4.78 is 68.3. The van der Waals surface area contributed by atoms with E-state index in [9.17, 15) is 14.0 Å². The zero-order chi connectivity index (χ0) is 39.8. The Bertz CT molecular complexity index is 2210. The van der Waals surface area contributed by atoms with Gasteiger partial charge < -0.3 is 34.5 Å². The van der Waals surface area contributed by atoms with Crippen molar-refractivity contribution in [3.8, 4) is 40.0 Å². The number of carbonyl (C=O) groups is 2. The van der Waals surface area contributed by atoms with Crippen molar-refractivity contribution in [1.82, 2.24) is 30.2 Å². The van der Waals surface area contributed by atoms with Gasteiger partial charge in [-0.15, -0.1) is 0 Å². The Morgan fingerprint density at radius 2 is 1.75 bits per heavy atom. The summed E-state index contributed by atoms with van der Waals surface area (Å²) in [7, 11) is 3.01. The van der Waals surface area contributed by atoms with Crippen LogP contribution in [-0.2, 0) is 17.9 Å². The molecule has 2 N–H and O–H groups in total. The lowest BCUT2D eigenvalue weighted by Crippen LogP contribution is -2.58. The van der Waals surface area contributed by atoms with Crippen LogP contribution in [0.2, 0.25) is 0 Å². The molecule has 0 aliphatic carbocycles. The van der Waals surface area contributed by atoms with E-state index in [4.69, 9.17) is 18.9 Å². The maximum Gasteiger partial charge on any atom is 0.410 e. The summed E-state index contributed by atoms with van der Waals surface area (Å²) in [5.74, 6) is -3.29. The standard InChI is InChI=1S/C40H40F3N7O6/c1-5-55-38-29(41)16-26(20-46-38)30-18-28(37(51)49-40(2)14-9-15-50(23-40)39(52)56-22-24-10-7-6-8-11-24)33(42)34(47-30)31-21-45-36(35(43)48-31)44-19-25-12-13-27(53-3)17-32(25)54-4/h6-8,10-13,16-18,20-21H,5,9,14-15,19,22-23H2,1-4H3,(H,44,45)(H,49,51)/t40-/m0/s1. The van der Waals surface area contributed by atoms with Gasteiger partial charge in [-0.05, 0) is 56.5 Å². The van der Waals surface area contributed by atoms with Crippen molar-refractivity contribution < 1.29 is 41.7 Å². The van der Waals surface area contributed by atoms with E-state index in [2.05, 4.69) is 30.6 Å². The topological polar surface area (TPSA) is 150 Å². The number of amides is 2. The number of rotatable bonds is 13. The molecule has 0 bridgehead atoms. The summed E-state index contributed by atoms with van der Waals surface area (Å²) in [6.07, 6.45) is 2.81. The Morgan fingerprint density at radius 1 is 0.946 bits per heavy atom. The van der Waals surface area contributed by atoms with Crippen molar-refractivity contribution >= 4 is 17.8 Å². The third-order valence-electron chi connectivity index (χ3n) is 9.07. The van der Waals surface area contributed by atoms with Crippen molar-refractivity contribution in [2.45, 2.75) is 45.4 Å². The molecule has 0 unspecified atom stereocenters. The summed E-state index contributed by atoms with van der Waals surface area (Å²) in [4.78, 5) is 44.9. The minimum Gasteiger partial charge on any atom is -0.497 e. The van der Waals surface area contributed by atoms with Crippen molar-refractivity contribution in [3.63, 3.8) is 0 Å². The summed E-state index contributed by atoms with van der Waals surface area (Å²) in [6.45, 7) is 4.23. The van der Waals surface area contributed by atoms with Gasteiger partial charge in [-0.2, -0.15) is 4.39 Å². The predicted molar refractivity (Wildman–Crippen MR) is 200 cm³/mol. The van der Waals surface area contributed by atoms with E-state index in [0.29, 0.717) is 36.4 Å². The highest BCUT2D eigenvalue weighted by Crippen LogP contribution is 2.31. The van der Waals surface area contributed by atoms with Gasteiger partial charge in [0.1, 0.15) is 29.5 Å². The Hall–Kier alpha value is -6.45. The van der Waals surface area contributed by atoms with Crippen molar-refractivity contribution in [1.29, 1.82) is 0 Å². The van der Waals surface area contributed by atoms with E-state index in [1.54, 1.807) is 32.0 Å². The molecular formula is C40H40F3N7O6. The molecule has 3 aromatic heterocycles. The van der Waals surface area contributed by atoms with Gasteiger partial charge in [-0.25, -0.2) is 33.5 Å². The van der Waals surface area contributed by atoms with Crippen LogP contribution >= 0.6 is 0 Å². The molecule has 1 fully saturated rings. The number of ether oxygens (including phenoxy) is 4. The molecule has 13 nitrogen and oxygen atoms in total. The van der Waals surface area contributed by atoms with Crippen LogP contribution in [0.1, 0.15) is 48.2 Å². The van der Waals surface area contributed by atoms with Crippen LogP contribution in [0.4, 0.5) is 23.8 Å². The van der Waals surface area contributed by atoms with Gasteiger partial charge in [0.25, 0.3) is 11.9 Å². The molecule has 56 heavy (non-hydrogen) atoms. The zero-order valence-corrected chi connectivity index (χ0v) is 31.2. The average molecular weight is 772 g/mol. The van der Waals surface area contributed by atoms with Crippen LogP contribution < -0.4 is 24.8 Å². The molecular weight excluding hydrogens is 731 g/mol. The second-order valence-electron chi connectivity index (χ2n) is 13.2. The number of carbonyl (C=O) groups excluding carboxylic acids is 2. The lowest BCUT2D eigenvalue weighted by molar-refractivity contribution is 0.0626. The van der Waals surface area contributed by atoms with Crippen LogP contribution in [0.25, 0.3) is 22.6 Å². The summed E-state index contributed by atoms with van der Waals surface area (Å²) >= 11 is 0. The largest absolute Gasteiger partial charge is 0.497 e. The van der Waals surface area contributed by atoms with Crippen LogP contribution in [0.3, 0.4) is 0 Å². The van der Waals surface area contributed by atoms with Gasteiger partial charge in [0.15, 0.2) is 17.5 Å². The highest BCUT2D eigenvalue weighted by molar-refractivity contribution is 5.97. The Morgan fingerprint density at radius 3 is 2.46 bits per heavy atom. The third-order valence-corrected chi connectivity index (χ3v) is 9.07. The highest BCUT2D eigenvalue weighted by Gasteiger charge is 2.36. The Balaban J connectivity index is 1.28. The van der Waals surface area contributed by atoms with E-state index < -0.39 is 46.4 Å². The maximum absolute atomic E-state index is 16.5. The number of benzene rings is 2. The molecule has 2 amide bonds. The lowest BCUT2D eigenvalue weighted by Gasteiger charge is -2.40.